The second-order valence-corrected chi connectivity index (χ2v) is 9.88. The predicted octanol–water partition coefficient (Wildman–Crippen LogP) is 10.2. The quantitative estimate of drug-likeness (QED) is 0.216. The third-order valence-corrected chi connectivity index (χ3v) is 7.65. The van der Waals surface area contributed by atoms with Crippen LogP contribution in [0.15, 0.2) is 138 Å². The molecule has 0 aliphatic rings. The maximum absolute atomic E-state index is 9.15. The van der Waals surface area contributed by atoms with Gasteiger partial charge in [0.25, 0.3) is 0 Å². The lowest BCUT2D eigenvalue weighted by atomic mass is 9.86. The molecule has 0 saturated carbocycles. The number of fused-ring (bicyclic) bond motifs is 6. The SMILES string of the molecule is [2H]c1c([2H])c([2H])c2c(Cc3cccc4ccccc34)c3c([2H])c([2H])c([2H])c([2H])c3c(Cc3ccc4oc5ccccc5c4c3)c2c1[2H]. The lowest BCUT2D eigenvalue weighted by molar-refractivity contribution is 0.669. The van der Waals surface area contributed by atoms with Crippen LogP contribution in [0.25, 0.3) is 54.3 Å². The van der Waals surface area contributed by atoms with E-state index >= 15 is 0 Å². The molecule has 184 valence electrons. The Kier molecular flexibility index (Phi) is 3.52. The molecule has 0 fully saturated rings. The van der Waals surface area contributed by atoms with E-state index in [4.69, 9.17) is 15.4 Å². The molecule has 1 heteroatoms. The summed E-state index contributed by atoms with van der Waals surface area (Å²) >= 11 is 0. The lowest BCUT2D eigenvalue weighted by Crippen LogP contribution is -1.99. The number of para-hydroxylation sites is 1. The summed E-state index contributed by atoms with van der Waals surface area (Å²) in [5, 5.41) is 4.86. The van der Waals surface area contributed by atoms with Gasteiger partial charge < -0.3 is 4.42 Å². The van der Waals surface area contributed by atoms with E-state index < -0.39 is 12.1 Å². The molecule has 0 bridgehead atoms. The van der Waals surface area contributed by atoms with E-state index in [0.717, 1.165) is 38.3 Å². The van der Waals surface area contributed by atoms with Gasteiger partial charge in [-0.1, -0.05) is 115 Å². The van der Waals surface area contributed by atoms with Crippen molar-refractivity contribution in [1.82, 2.24) is 0 Å². The van der Waals surface area contributed by atoms with Crippen molar-refractivity contribution in [3.05, 3.63) is 156 Å². The maximum Gasteiger partial charge on any atom is 0.135 e. The first-order chi connectivity index (χ1) is 22.7. The fraction of sp³-hybridized carbons (Fsp3) is 0.0526. The maximum atomic E-state index is 9.15. The van der Waals surface area contributed by atoms with Crippen LogP contribution in [-0.4, -0.2) is 0 Å². The molecule has 8 aromatic rings. The van der Waals surface area contributed by atoms with Crippen molar-refractivity contribution in [3.63, 3.8) is 0 Å². The summed E-state index contributed by atoms with van der Waals surface area (Å²) in [4.78, 5) is 0. The molecule has 0 amide bonds. The minimum atomic E-state index is -0.392. The first-order valence-electron chi connectivity index (χ1n) is 17.0. The van der Waals surface area contributed by atoms with Gasteiger partial charge in [0.1, 0.15) is 11.2 Å². The zero-order valence-corrected chi connectivity index (χ0v) is 20.9. The van der Waals surface area contributed by atoms with E-state index in [1.54, 1.807) is 0 Å². The van der Waals surface area contributed by atoms with Crippen LogP contribution in [0, 0.1) is 0 Å². The van der Waals surface area contributed by atoms with Crippen molar-refractivity contribution < 1.29 is 15.4 Å². The Morgan fingerprint density at radius 1 is 0.487 bits per heavy atom. The average molecular weight is 507 g/mol. The predicted molar refractivity (Wildman–Crippen MR) is 165 cm³/mol. The first-order valence-corrected chi connectivity index (χ1v) is 13.0. The molecule has 0 N–H and O–H groups in total. The van der Waals surface area contributed by atoms with E-state index in [-0.39, 0.29) is 70.6 Å². The average Bonchev–Trinajstić information content (AvgIpc) is 3.46. The van der Waals surface area contributed by atoms with Crippen LogP contribution in [-0.2, 0) is 12.8 Å². The largest absolute Gasteiger partial charge is 0.456 e. The second-order valence-electron chi connectivity index (χ2n) is 9.88. The summed E-state index contributed by atoms with van der Waals surface area (Å²) in [6, 6.07) is 24.7. The van der Waals surface area contributed by atoms with Crippen molar-refractivity contribution in [1.29, 1.82) is 0 Å². The molecule has 7 aromatic carbocycles. The monoisotopic (exact) mass is 506 g/mol. The fourth-order valence-electron chi connectivity index (χ4n) is 5.86. The molecule has 0 atom stereocenters. The highest BCUT2D eigenvalue weighted by Gasteiger charge is 2.16. The van der Waals surface area contributed by atoms with Gasteiger partial charge in [-0.15, -0.1) is 0 Å². The minimum Gasteiger partial charge on any atom is -0.456 e. The number of rotatable bonds is 4. The van der Waals surface area contributed by atoms with Crippen molar-refractivity contribution in [2.45, 2.75) is 12.8 Å². The summed E-state index contributed by atoms with van der Waals surface area (Å²) in [5.74, 6) is 0. The Morgan fingerprint density at radius 3 is 1.82 bits per heavy atom. The topological polar surface area (TPSA) is 13.1 Å². The van der Waals surface area contributed by atoms with Crippen LogP contribution in [0.4, 0.5) is 0 Å². The Hall–Kier alpha value is -4.88. The van der Waals surface area contributed by atoms with E-state index in [2.05, 4.69) is 0 Å². The van der Waals surface area contributed by atoms with Crippen LogP contribution in [0.3, 0.4) is 0 Å². The van der Waals surface area contributed by atoms with Crippen molar-refractivity contribution in [2.24, 2.45) is 0 Å². The Balaban J connectivity index is 1.51. The zero-order chi connectivity index (χ0) is 32.7. The Morgan fingerprint density at radius 2 is 1.08 bits per heavy atom. The fourth-order valence-corrected chi connectivity index (χ4v) is 5.86. The van der Waals surface area contributed by atoms with Gasteiger partial charge >= 0.3 is 0 Å². The van der Waals surface area contributed by atoms with Gasteiger partial charge in [-0.25, -0.2) is 0 Å². The van der Waals surface area contributed by atoms with Crippen molar-refractivity contribution in [3.8, 4) is 0 Å². The molecule has 0 saturated heterocycles. The van der Waals surface area contributed by atoms with Gasteiger partial charge in [-0.05, 0) is 85.6 Å². The lowest BCUT2D eigenvalue weighted by Gasteiger charge is -2.18. The normalized spacial score (nSPS) is 14.7. The first kappa shape index (κ1) is 15.5. The molecule has 0 aliphatic heterocycles. The molecule has 0 radical (unpaired) electrons. The van der Waals surface area contributed by atoms with Crippen LogP contribution in [0.1, 0.15) is 33.2 Å². The smallest absolute Gasteiger partial charge is 0.135 e. The third-order valence-electron chi connectivity index (χ3n) is 7.65. The van der Waals surface area contributed by atoms with Gasteiger partial charge in [0.2, 0.25) is 0 Å². The number of furan rings is 1. The van der Waals surface area contributed by atoms with Gasteiger partial charge in [0.05, 0.1) is 11.0 Å². The summed E-state index contributed by atoms with van der Waals surface area (Å²) in [6.45, 7) is 0. The molecule has 0 aliphatic carbocycles. The van der Waals surface area contributed by atoms with Gasteiger partial charge in [0, 0.05) is 10.8 Å². The van der Waals surface area contributed by atoms with Crippen molar-refractivity contribution in [2.75, 3.05) is 0 Å². The molecule has 0 unspecified atom stereocenters. The summed E-state index contributed by atoms with van der Waals surface area (Å²) < 4.78 is 77.2. The number of hydrogen-bond acceptors (Lipinski definition) is 1. The second kappa shape index (κ2) is 8.85. The molecule has 39 heavy (non-hydrogen) atoms. The highest BCUT2D eigenvalue weighted by atomic mass is 16.3. The molecule has 1 nitrogen and oxygen atoms in total. The zero-order valence-electron chi connectivity index (χ0n) is 28.9. The summed E-state index contributed by atoms with van der Waals surface area (Å²) in [7, 11) is 0. The molecule has 0 spiro atoms. The standard InChI is InChI=1S/C38H26O/c1-2-13-28-26(10-1)11-9-12-27(28)24-35-31-16-5-3-14-29(31)34(30-15-4-6-17-32(30)35)22-25-20-21-38-36(23-25)33-18-7-8-19-37(33)39-38/h1-21,23H,22,24H2/i3D,4D,5D,6D,14D,15D,16D,17D. The van der Waals surface area contributed by atoms with E-state index in [0.29, 0.717) is 16.7 Å². The van der Waals surface area contributed by atoms with Crippen LogP contribution >= 0.6 is 0 Å². The minimum absolute atomic E-state index is 0.168. The highest BCUT2D eigenvalue weighted by molar-refractivity contribution is 6.07. The van der Waals surface area contributed by atoms with Gasteiger partial charge in [0.15, 0.2) is 0 Å². The van der Waals surface area contributed by atoms with Gasteiger partial charge in [-0.2, -0.15) is 0 Å². The Labute approximate surface area is 238 Å². The van der Waals surface area contributed by atoms with Crippen molar-refractivity contribution >= 4 is 54.3 Å². The Bertz CT molecular complexity index is 2540. The van der Waals surface area contributed by atoms with E-state index in [1.165, 1.54) is 0 Å². The van der Waals surface area contributed by atoms with Gasteiger partial charge in [-0.3, -0.25) is 0 Å². The molecular weight excluding hydrogens is 472 g/mol. The van der Waals surface area contributed by atoms with Crippen LogP contribution in [0.5, 0.6) is 0 Å². The summed E-state index contributed by atoms with van der Waals surface area (Å²) in [5.41, 5.74) is 4.03. The van der Waals surface area contributed by atoms with E-state index in [9.17, 15) is 0 Å². The molecule has 1 aromatic heterocycles. The summed E-state index contributed by atoms with van der Waals surface area (Å²) in [6.07, 6.45) is 0.368. The highest BCUT2D eigenvalue weighted by Crippen LogP contribution is 2.37. The molecule has 1 heterocycles. The van der Waals surface area contributed by atoms with Crippen LogP contribution in [0.2, 0.25) is 0 Å². The molecule has 8 rings (SSSR count). The number of hydrogen-bond donors (Lipinski definition) is 0. The van der Waals surface area contributed by atoms with E-state index in [1.807, 2.05) is 84.9 Å². The number of benzene rings is 7. The van der Waals surface area contributed by atoms with Crippen LogP contribution < -0.4 is 0 Å². The third kappa shape index (κ3) is 3.62. The molecular formula is C38H26O.